The average molecular weight is 286 g/mol. The molecule has 0 spiro atoms. The molecule has 0 heterocycles. The van der Waals surface area contributed by atoms with Gasteiger partial charge < -0.3 is 10.2 Å². The fourth-order valence-electron chi connectivity index (χ4n) is 2.98. The zero-order valence-electron chi connectivity index (χ0n) is 13.7. The molecule has 0 aliphatic heterocycles. The Hall–Kier alpha value is -1.02. The second-order valence-corrected chi connectivity index (χ2v) is 7.08. The van der Waals surface area contributed by atoms with Crippen molar-refractivity contribution in [2.24, 2.45) is 11.8 Å². The van der Waals surface area contributed by atoms with Crippen molar-refractivity contribution in [3.8, 4) is 0 Å². The molecule has 0 saturated heterocycles. The minimum atomic E-state index is 0.968. The molecule has 0 amide bonds. The number of aryl methyl sites for hydroxylation is 1. The van der Waals surface area contributed by atoms with Gasteiger partial charge in [0, 0.05) is 25.3 Å². The Bertz CT molecular complexity index is 447. The summed E-state index contributed by atoms with van der Waals surface area (Å²) in [6, 6.07) is 7.09. The Kier molecular flexibility index (Phi) is 4.84. The SMILES string of the molecule is CCCNCc1ccc(N(CC2CC2)CC2CC2)cc1C. The molecule has 2 nitrogen and oxygen atoms in total. The van der Waals surface area contributed by atoms with Crippen LogP contribution < -0.4 is 10.2 Å². The van der Waals surface area contributed by atoms with Crippen molar-refractivity contribution in [3.05, 3.63) is 29.3 Å². The summed E-state index contributed by atoms with van der Waals surface area (Å²) in [4.78, 5) is 2.66. The van der Waals surface area contributed by atoms with Crippen LogP contribution in [0.2, 0.25) is 0 Å². The zero-order valence-corrected chi connectivity index (χ0v) is 13.7. The molecular weight excluding hydrogens is 256 g/mol. The highest BCUT2D eigenvalue weighted by atomic mass is 15.1. The van der Waals surface area contributed by atoms with Crippen LogP contribution in [0.15, 0.2) is 18.2 Å². The van der Waals surface area contributed by atoms with Crippen molar-refractivity contribution in [1.82, 2.24) is 5.32 Å². The van der Waals surface area contributed by atoms with Crippen molar-refractivity contribution < 1.29 is 0 Å². The van der Waals surface area contributed by atoms with Gasteiger partial charge in [-0.15, -0.1) is 0 Å². The number of rotatable bonds is 9. The van der Waals surface area contributed by atoms with Gasteiger partial charge in [-0.1, -0.05) is 13.0 Å². The lowest BCUT2D eigenvalue weighted by molar-refractivity contribution is 0.670. The van der Waals surface area contributed by atoms with E-state index in [9.17, 15) is 0 Å². The summed E-state index contributed by atoms with van der Waals surface area (Å²) in [6.07, 6.45) is 6.98. The van der Waals surface area contributed by atoms with Gasteiger partial charge in [0.25, 0.3) is 0 Å². The predicted octanol–water partition coefficient (Wildman–Crippen LogP) is 4.12. The summed E-state index contributed by atoms with van der Waals surface area (Å²) < 4.78 is 0. The standard InChI is InChI=1S/C19H30N2/c1-3-10-20-12-18-8-9-19(11-15(18)2)21(13-16-4-5-16)14-17-6-7-17/h8-9,11,16-17,20H,3-7,10,12-14H2,1-2H3. The van der Waals surface area contributed by atoms with Crippen molar-refractivity contribution >= 4 is 5.69 Å². The number of anilines is 1. The van der Waals surface area contributed by atoms with Crippen LogP contribution in [0.3, 0.4) is 0 Å². The fraction of sp³-hybridized carbons (Fsp3) is 0.684. The topological polar surface area (TPSA) is 15.3 Å². The first kappa shape index (κ1) is 14.9. The summed E-state index contributed by atoms with van der Waals surface area (Å²) >= 11 is 0. The second kappa shape index (κ2) is 6.83. The van der Waals surface area contributed by atoms with Gasteiger partial charge in [-0.3, -0.25) is 0 Å². The van der Waals surface area contributed by atoms with Crippen LogP contribution in [-0.2, 0) is 6.54 Å². The first-order chi connectivity index (χ1) is 10.3. The van der Waals surface area contributed by atoms with E-state index in [4.69, 9.17) is 0 Å². The molecule has 2 aliphatic carbocycles. The lowest BCUT2D eigenvalue weighted by atomic mass is 10.1. The molecule has 0 bridgehead atoms. The van der Waals surface area contributed by atoms with Crippen LogP contribution in [0.25, 0.3) is 0 Å². The summed E-state index contributed by atoms with van der Waals surface area (Å²) in [5.41, 5.74) is 4.34. The van der Waals surface area contributed by atoms with Gasteiger partial charge in [0.05, 0.1) is 0 Å². The van der Waals surface area contributed by atoms with E-state index in [1.54, 1.807) is 0 Å². The molecule has 0 radical (unpaired) electrons. The average Bonchev–Trinajstić information content (AvgIpc) is 3.35. The molecule has 3 rings (SSSR count). The smallest absolute Gasteiger partial charge is 0.0369 e. The molecule has 0 aromatic heterocycles. The van der Waals surface area contributed by atoms with E-state index in [0.717, 1.165) is 24.9 Å². The highest BCUT2D eigenvalue weighted by molar-refractivity contribution is 5.51. The van der Waals surface area contributed by atoms with Gasteiger partial charge in [0.2, 0.25) is 0 Å². The number of hydrogen-bond donors (Lipinski definition) is 1. The molecule has 2 fully saturated rings. The number of nitrogens with zero attached hydrogens (tertiary/aromatic N) is 1. The maximum absolute atomic E-state index is 3.51. The van der Waals surface area contributed by atoms with Gasteiger partial charge in [-0.25, -0.2) is 0 Å². The Balaban J connectivity index is 1.65. The molecular formula is C19H30N2. The molecule has 1 N–H and O–H groups in total. The fourth-order valence-corrected chi connectivity index (χ4v) is 2.98. The Labute approximate surface area is 129 Å². The van der Waals surface area contributed by atoms with E-state index in [-0.39, 0.29) is 0 Å². The molecule has 1 aromatic rings. The maximum Gasteiger partial charge on any atom is 0.0369 e. The lowest BCUT2D eigenvalue weighted by Crippen LogP contribution is -2.28. The Morgan fingerprint density at radius 1 is 1.10 bits per heavy atom. The quantitative estimate of drug-likeness (QED) is 0.687. The molecule has 2 saturated carbocycles. The molecule has 2 aliphatic rings. The Morgan fingerprint density at radius 3 is 2.29 bits per heavy atom. The van der Waals surface area contributed by atoms with Crippen LogP contribution in [0.4, 0.5) is 5.69 Å². The van der Waals surface area contributed by atoms with Crippen molar-refractivity contribution in [2.75, 3.05) is 24.5 Å². The summed E-state index contributed by atoms with van der Waals surface area (Å²) in [6.45, 7) is 9.16. The lowest BCUT2D eigenvalue weighted by Gasteiger charge is -2.26. The normalized spacial score (nSPS) is 18.0. The van der Waals surface area contributed by atoms with Crippen molar-refractivity contribution in [1.29, 1.82) is 0 Å². The molecule has 1 aromatic carbocycles. The second-order valence-electron chi connectivity index (χ2n) is 7.08. The molecule has 0 unspecified atom stereocenters. The van der Waals surface area contributed by atoms with Crippen LogP contribution >= 0.6 is 0 Å². The van der Waals surface area contributed by atoms with E-state index in [1.807, 2.05) is 0 Å². The third kappa shape index (κ3) is 4.47. The summed E-state index contributed by atoms with van der Waals surface area (Å²) in [7, 11) is 0. The van der Waals surface area contributed by atoms with Gasteiger partial charge in [0.15, 0.2) is 0 Å². The Morgan fingerprint density at radius 2 is 1.76 bits per heavy atom. The van der Waals surface area contributed by atoms with E-state index in [2.05, 4.69) is 42.3 Å². The number of hydrogen-bond acceptors (Lipinski definition) is 2. The van der Waals surface area contributed by atoms with Gasteiger partial charge in [-0.05, 0) is 80.7 Å². The third-order valence-electron chi connectivity index (χ3n) is 4.78. The van der Waals surface area contributed by atoms with Gasteiger partial charge in [-0.2, -0.15) is 0 Å². The first-order valence-corrected chi connectivity index (χ1v) is 8.81. The molecule has 0 atom stereocenters. The number of benzene rings is 1. The minimum absolute atomic E-state index is 0.968. The van der Waals surface area contributed by atoms with E-state index < -0.39 is 0 Å². The van der Waals surface area contributed by atoms with E-state index >= 15 is 0 Å². The summed E-state index contributed by atoms with van der Waals surface area (Å²) in [5, 5.41) is 3.51. The highest BCUT2D eigenvalue weighted by Crippen LogP contribution is 2.36. The van der Waals surface area contributed by atoms with E-state index in [1.165, 1.54) is 62.0 Å². The van der Waals surface area contributed by atoms with Crippen LogP contribution in [0, 0.1) is 18.8 Å². The van der Waals surface area contributed by atoms with Crippen molar-refractivity contribution in [3.63, 3.8) is 0 Å². The van der Waals surface area contributed by atoms with Gasteiger partial charge in [0.1, 0.15) is 0 Å². The predicted molar refractivity (Wildman–Crippen MR) is 90.8 cm³/mol. The highest BCUT2D eigenvalue weighted by Gasteiger charge is 2.29. The van der Waals surface area contributed by atoms with Crippen LogP contribution in [-0.4, -0.2) is 19.6 Å². The van der Waals surface area contributed by atoms with Gasteiger partial charge >= 0.3 is 0 Å². The first-order valence-electron chi connectivity index (χ1n) is 8.81. The molecule has 2 heteroatoms. The minimum Gasteiger partial charge on any atom is -0.371 e. The number of nitrogens with one attached hydrogen (secondary N) is 1. The third-order valence-corrected chi connectivity index (χ3v) is 4.78. The van der Waals surface area contributed by atoms with Crippen molar-refractivity contribution in [2.45, 2.75) is 52.5 Å². The maximum atomic E-state index is 3.51. The van der Waals surface area contributed by atoms with Crippen LogP contribution in [0.5, 0.6) is 0 Å². The zero-order chi connectivity index (χ0) is 14.7. The summed E-state index contributed by atoms with van der Waals surface area (Å²) in [5.74, 6) is 1.94. The largest absolute Gasteiger partial charge is 0.371 e. The molecule has 21 heavy (non-hydrogen) atoms. The monoisotopic (exact) mass is 286 g/mol. The van der Waals surface area contributed by atoms with Crippen LogP contribution in [0.1, 0.15) is 50.2 Å². The van der Waals surface area contributed by atoms with E-state index in [0.29, 0.717) is 0 Å². The molecule has 116 valence electrons.